The van der Waals surface area contributed by atoms with Gasteiger partial charge in [0.1, 0.15) is 0 Å². The lowest BCUT2D eigenvalue weighted by molar-refractivity contribution is 0.102. The van der Waals surface area contributed by atoms with Gasteiger partial charge in [0.25, 0.3) is 5.91 Å². The molecule has 1 N–H and O–H groups in total. The highest BCUT2D eigenvalue weighted by Gasteiger charge is 2.20. The van der Waals surface area contributed by atoms with E-state index in [0.29, 0.717) is 16.3 Å². The van der Waals surface area contributed by atoms with Gasteiger partial charge in [0.15, 0.2) is 5.13 Å². The van der Waals surface area contributed by atoms with Crippen molar-refractivity contribution >= 4 is 48.3 Å². The van der Waals surface area contributed by atoms with E-state index < -0.39 is 15.9 Å². The predicted molar refractivity (Wildman–Crippen MR) is 115 cm³/mol. The number of anilines is 1. The van der Waals surface area contributed by atoms with Crippen LogP contribution in [-0.2, 0) is 10.0 Å². The number of aryl methyl sites for hydroxylation is 1. The molecule has 0 spiro atoms. The van der Waals surface area contributed by atoms with Gasteiger partial charge in [-0.2, -0.15) is 0 Å². The highest BCUT2D eigenvalue weighted by molar-refractivity contribution is 9.10. The van der Waals surface area contributed by atoms with E-state index in [4.69, 9.17) is 0 Å². The summed E-state index contributed by atoms with van der Waals surface area (Å²) in [5, 5.41) is 5.07. The van der Waals surface area contributed by atoms with Gasteiger partial charge in [0.05, 0.1) is 10.6 Å². The summed E-state index contributed by atoms with van der Waals surface area (Å²) in [6, 6.07) is 12.2. The molecule has 0 saturated heterocycles. The lowest BCUT2D eigenvalue weighted by Crippen LogP contribution is -2.23. The van der Waals surface area contributed by atoms with Crippen LogP contribution in [0.5, 0.6) is 0 Å². The zero-order chi connectivity index (χ0) is 20.5. The van der Waals surface area contributed by atoms with E-state index in [2.05, 4.69) is 26.2 Å². The number of benzene rings is 2. The second-order valence-corrected chi connectivity index (χ2v) is 10.2. The van der Waals surface area contributed by atoms with Crippen LogP contribution in [0.4, 0.5) is 5.13 Å². The predicted octanol–water partition coefficient (Wildman–Crippen LogP) is 4.38. The summed E-state index contributed by atoms with van der Waals surface area (Å²) in [7, 11) is -0.716. The molecule has 0 bridgehead atoms. The van der Waals surface area contributed by atoms with Gasteiger partial charge in [-0.15, -0.1) is 11.3 Å². The Bertz CT molecular complexity index is 1120. The number of nitrogens with one attached hydrogen (secondary N) is 1. The third-order valence-electron chi connectivity index (χ3n) is 4.10. The van der Waals surface area contributed by atoms with Crippen LogP contribution >= 0.6 is 27.3 Å². The molecule has 6 nitrogen and oxygen atoms in total. The van der Waals surface area contributed by atoms with Gasteiger partial charge in [-0.25, -0.2) is 17.7 Å². The van der Waals surface area contributed by atoms with E-state index in [9.17, 15) is 13.2 Å². The Labute approximate surface area is 176 Å². The molecule has 3 rings (SSSR count). The van der Waals surface area contributed by atoms with Crippen molar-refractivity contribution in [3.05, 3.63) is 63.4 Å². The van der Waals surface area contributed by atoms with Crippen molar-refractivity contribution in [2.45, 2.75) is 11.8 Å². The van der Waals surface area contributed by atoms with Crippen LogP contribution in [0.1, 0.15) is 15.9 Å². The van der Waals surface area contributed by atoms with Gasteiger partial charge >= 0.3 is 0 Å². The minimum Gasteiger partial charge on any atom is -0.298 e. The average Bonchev–Trinajstić information content (AvgIpc) is 3.10. The van der Waals surface area contributed by atoms with Crippen LogP contribution in [0.2, 0.25) is 0 Å². The number of aromatic nitrogens is 1. The maximum atomic E-state index is 12.7. The molecule has 0 saturated carbocycles. The van der Waals surface area contributed by atoms with Gasteiger partial charge in [-0.3, -0.25) is 10.1 Å². The fourth-order valence-corrected chi connectivity index (χ4v) is 4.37. The Balaban J connectivity index is 1.85. The Hall–Kier alpha value is -2.07. The molecular formula is C19H18BrN3O3S2. The van der Waals surface area contributed by atoms with Crippen molar-refractivity contribution in [1.82, 2.24) is 9.29 Å². The van der Waals surface area contributed by atoms with E-state index in [0.717, 1.165) is 20.0 Å². The second kappa shape index (κ2) is 8.12. The van der Waals surface area contributed by atoms with E-state index in [-0.39, 0.29) is 4.90 Å². The zero-order valence-corrected chi connectivity index (χ0v) is 18.7. The third-order valence-corrected chi connectivity index (χ3v) is 7.19. The number of rotatable bonds is 5. The van der Waals surface area contributed by atoms with Crippen LogP contribution in [-0.4, -0.2) is 37.7 Å². The fraction of sp³-hybridized carbons (Fsp3) is 0.158. The summed E-state index contributed by atoms with van der Waals surface area (Å²) in [5.41, 5.74) is 2.67. The number of nitrogens with zero attached hydrogens (tertiary/aromatic N) is 2. The van der Waals surface area contributed by atoms with E-state index in [1.54, 1.807) is 13.0 Å². The number of hydrogen-bond acceptors (Lipinski definition) is 5. The van der Waals surface area contributed by atoms with Crippen molar-refractivity contribution in [3.63, 3.8) is 0 Å². The molecule has 0 aliphatic rings. The van der Waals surface area contributed by atoms with Gasteiger partial charge in [-0.1, -0.05) is 34.1 Å². The number of sulfonamides is 1. The standard InChI is InChI=1S/C19H18BrN3O3S2/c1-12-4-9-15(28(25,26)23(2)3)10-16(12)18(24)22-19-21-17(11-27-19)13-5-7-14(20)8-6-13/h4-11H,1-3H3,(H,21,22,24). The summed E-state index contributed by atoms with van der Waals surface area (Å²) < 4.78 is 26.8. The van der Waals surface area contributed by atoms with Crippen molar-refractivity contribution in [2.75, 3.05) is 19.4 Å². The molecule has 146 valence electrons. The number of carbonyl (C=O) groups excluding carboxylic acids is 1. The minimum atomic E-state index is -3.62. The number of halogens is 1. The summed E-state index contributed by atoms with van der Waals surface area (Å²) in [6.45, 7) is 1.76. The highest BCUT2D eigenvalue weighted by Crippen LogP contribution is 2.27. The Kier molecular flexibility index (Phi) is 5.99. The van der Waals surface area contributed by atoms with Crippen LogP contribution in [0.15, 0.2) is 57.2 Å². The minimum absolute atomic E-state index is 0.0722. The molecule has 2 aromatic carbocycles. The smallest absolute Gasteiger partial charge is 0.257 e. The van der Waals surface area contributed by atoms with Crippen molar-refractivity contribution < 1.29 is 13.2 Å². The summed E-state index contributed by atoms with van der Waals surface area (Å²) in [5.74, 6) is -0.398. The average molecular weight is 480 g/mol. The molecule has 1 amide bonds. The van der Waals surface area contributed by atoms with Gasteiger partial charge in [0.2, 0.25) is 10.0 Å². The molecule has 0 atom stereocenters. The molecule has 0 aliphatic heterocycles. The largest absolute Gasteiger partial charge is 0.298 e. The number of thiazole rings is 1. The molecule has 1 heterocycles. The number of amides is 1. The maximum Gasteiger partial charge on any atom is 0.257 e. The van der Waals surface area contributed by atoms with Crippen molar-refractivity contribution in [1.29, 1.82) is 0 Å². The lowest BCUT2D eigenvalue weighted by Gasteiger charge is -2.13. The quantitative estimate of drug-likeness (QED) is 0.588. The normalized spacial score (nSPS) is 11.6. The Morgan fingerprint density at radius 2 is 1.82 bits per heavy atom. The number of carbonyl (C=O) groups is 1. The van der Waals surface area contributed by atoms with Gasteiger partial charge in [0, 0.05) is 35.1 Å². The van der Waals surface area contributed by atoms with E-state index >= 15 is 0 Å². The van der Waals surface area contributed by atoms with Crippen LogP contribution in [0.3, 0.4) is 0 Å². The maximum absolute atomic E-state index is 12.7. The monoisotopic (exact) mass is 479 g/mol. The Morgan fingerprint density at radius 3 is 2.46 bits per heavy atom. The van der Waals surface area contributed by atoms with Gasteiger partial charge in [-0.05, 0) is 36.8 Å². The van der Waals surface area contributed by atoms with Crippen molar-refractivity contribution in [2.24, 2.45) is 0 Å². The summed E-state index contributed by atoms with van der Waals surface area (Å²) in [4.78, 5) is 17.2. The molecule has 1 aromatic heterocycles. The zero-order valence-electron chi connectivity index (χ0n) is 15.4. The van der Waals surface area contributed by atoms with Crippen LogP contribution in [0, 0.1) is 6.92 Å². The molecular weight excluding hydrogens is 462 g/mol. The summed E-state index contributed by atoms with van der Waals surface area (Å²) >= 11 is 4.71. The van der Waals surface area contributed by atoms with E-state index in [1.165, 1.54) is 37.6 Å². The van der Waals surface area contributed by atoms with E-state index in [1.807, 2.05) is 29.6 Å². The SMILES string of the molecule is Cc1ccc(S(=O)(=O)N(C)C)cc1C(=O)Nc1nc(-c2ccc(Br)cc2)cs1. The molecule has 0 unspecified atom stereocenters. The molecule has 0 radical (unpaired) electrons. The first-order valence-electron chi connectivity index (χ1n) is 8.24. The second-order valence-electron chi connectivity index (χ2n) is 6.26. The van der Waals surface area contributed by atoms with Crippen LogP contribution in [0.25, 0.3) is 11.3 Å². The van der Waals surface area contributed by atoms with Crippen molar-refractivity contribution in [3.8, 4) is 11.3 Å². The first kappa shape index (κ1) is 20.7. The fourth-order valence-electron chi connectivity index (χ4n) is 2.47. The topological polar surface area (TPSA) is 79.4 Å². The first-order chi connectivity index (χ1) is 13.2. The molecule has 3 aromatic rings. The first-order valence-corrected chi connectivity index (χ1v) is 11.4. The van der Waals surface area contributed by atoms with Crippen LogP contribution < -0.4 is 5.32 Å². The molecule has 28 heavy (non-hydrogen) atoms. The Morgan fingerprint density at radius 1 is 1.14 bits per heavy atom. The molecule has 0 fully saturated rings. The number of hydrogen-bond donors (Lipinski definition) is 1. The highest BCUT2D eigenvalue weighted by atomic mass is 79.9. The van der Waals surface area contributed by atoms with Gasteiger partial charge < -0.3 is 0 Å². The summed E-state index contributed by atoms with van der Waals surface area (Å²) in [6.07, 6.45) is 0. The molecule has 9 heteroatoms. The lowest BCUT2D eigenvalue weighted by atomic mass is 10.1. The molecule has 0 aliphatic carbocycles. The third kappa shape index (κ3) is 4.33.